The lowest BCUT2D eigenvalue weighted by Gasteiger charge is -2.30. The molecule has 26 heavy (non-hydrogen) atoms. The first kappa shape index (κ1) is 17.9. The molecule has 0 spiro atoms. The average Bonchev–Trinajstić information content (AvgIpc) is 2.70. The molecule has 0 aliphatic rings. The van der Waals surface area contributed by atoms with Crippen molar-refractivity contribution in [3.8, 4) is 0 Å². The van der Waals surface area contributed by atoms with Crippen molar-refractivity contribution in [2.75, 3.05) is 6.61 Å². The SMILES string of the molecule is CC(=O)OCC=C[Si](c1ccccc1)(c1ccccc1)c1ccccc1. The minimum Gasteiger partial charge on any atom is -0.462 e. The van der Waals surface area contributed by atoms with Gasteiger partial charge in [-0.15, -0.1) is 0 Å². The number of carbonyl (C=O) groups excluding carboxylic acids is 1. The van der Waals surface area contributed by atoms with E-state index >= 15 is 0 Å². The van der Waals surface area contributed by atoms with Gasteiger partial charge in [-0.05, 0) is 15.6 Å². The highest BCUT2D eigenvalue weighted by Gasteiger charge is 2.36. The van der Waals surface area contributed by atoms with Crippen LogP contribution >= 0.6 is 0 Å². The summed E-state index contributed by atoms with van der Waals surface area (Å²) < 4.78 is 5.14. The quantitative estimate of drug-likeness (QED) is 0.385. The molecule has 0 amide bonds. The van der Waals surface area contributed by atoms with Crippen LogP contribution in [0.2, 0.25) is 0 Å². The molecule has 130 valence electrons. The Balaban J connectivity index is 2.19. The fraction of sp³-hybridized carbons (Fsp3) is 0.0870. The van der Waals surface area contributed by atoms with Gasteiger partial charge in [-0.1, -0.05) is 103 Å². The second-order valence-electron chi connectivity index (χ2n) is 6.11. The monoisotopic (exact) mass is 358 g/mol. The minimum atomic E-state index is -2.37. The van der Waals surface area contributed by atoms with Crippen molar-refractivity contribution in [2.45, 2.75) is 6.92 Å². The molecule has 0 fully saturated rings. The molecule has 0 N–H and O–H groups in total. The number of carbonyl (C=O) groups is 1. The Morgan fingerprint density at radius 1 is 0.769 bits per heavy atom. The maximum atomic E-state index is 11.1. The predicted octanol–water partition coefficient (Wildman–Crippen LogP) is 2.82. The van der Waals surface area contributed by atoms with Gasteiger partial charge in [-0.2, -0.15) is 0 Å². The van der Waals surface area contributed by atoms with Crippen molar-refractivity contribution in [3.63, 3.8) is 0 Å². The molecule has 3 heteroatoms. The van der Waals surface area contributed by atoms with Crippen LogP contribution < -0.4 is 15.6 Å². The van der Waals surface area contributed by atoms with E-state index in [0.717, 1.165) is 0 Å². The highest BCUT2D eigenvalue weighted by molar-refractivity contribution is 7.14. The van der Waals surface area contributed by atoms with E-state index in [9.17, 15) is 4.79 Å². The van der Waals surface area contributed by atoms with Gasteiger partial charge < -0.3 is 4.74 Å². The summed E-state index contributed by atoms with van der Waals surface area (Å²) in [5, 5.41) is 3.91. The summed E-state index contributed by atoms with van der Waals surface area (Å²) in [6.45, 7) is 1.72. The van der Waals surface area contributed by atoms with Crippen LogP contribution in [-0.2, 0) is 9.53 Å². The number of hydrogen-bond donors (Lipinski definition) is 0. The number of hydrogen-bond acceptors (Lipinski definition) is 2. The highest BCUT2D eigenvalue weighted by Crippen LogP contribution is 2.09. The summed E-state index contributed by atoms with van der Waals surface area (Å²) in [5.74, 6) is -0.263. The van der Waals surface area contributed by atoms with Crippen molar-refractivity contribution in [3.05, 3.63) is 103 Å². The number of esters is 1. The maximum absolute atomic E-state index is 11.1. The third-order valence-electron chi connectivity index (χ3n) is 4.44. The molecule has 0 unspecified atom stereocenters. The Morgan fingerprint density at radius 2 is 1.15 bits per heavy atom. The van der Waals surface area contributed by atoms with Crippen molar-refractivity contribution in [1.29, 1.82) is 0 Å². The molecule has 0 bridgehead atoms. The highest BCUT2D eigenvalue weighted by atomic mass is 28.3. The van der Waals surface area contributed by atoms with Gasteiger partial charge in [0.25, 0.3) is 0 Å². The first-order valence-corrected chi connectivity index (χ1v) is 10.8. The molecule has 3 aromatic rings. The first-order valence-electron chi connectivity index (χ1n) is 8.71. The lowest BCUT2D eigenvalue weighted by molar-refractivity contribution is -0.139. The van der Waals surface area contributed by atoms with Gasteiger partial charge in [0.2, 0.25) is 0 Å². The number of rotatable bonds is 6. The molecular formula is C23H22O2Si. The Morgan fingerprint density at radius 3 is 1.50 bits per heavy atom. The standard InChI is InChI=1S/C23H22O2Si/c1-20(24)25-18-11-19-26(21-12-5-2-6-13-21,22-14-7-3-8-15-22)23-16-9-4-10-17-23/h2-17,19H,18H2,1H3. The second-order valence-corrected chi connectivity index (χ2v) is 9.79. The first-order chi connectivity index (χ1) is 12.7. The van der Waals surface area contributed by atoms with E-state index in [1.54, 1.807) is 0 Å². The Hall–Kier alpha value is -2.91. The molecule has 3 rings (SSSR count). The van der Waals surface area contributed by atoms with Gasteiger partial charge in [0.05, 0.1) is 0 Å². The fourth-order valence-electron chi connectivity index (χ4n) is 3.28. The van der Waals surface area contributed by atoms with E-state index in [1.807, 2.05) is 24.3 Å². The minimum absolute atomic E-state index is 0.263. The van der Waals surface area contributed by atoms with Crippen LogP contribution in [-0.4, -0.2) is 20.7 Å². The molecule has 0 aromatic heterocycles. The van der Waals surface area contributed by atoms with Crippen LogP contribution in [0.5, 0.6) is 0 Å². The van der Waals surface area contributed by atoms with E-state index in [0.29, 0.717) is 0 Å². The molecule has 0 aliphatic heterocycles. The van der Waals surface area contributed by atoms with Crippen LogP contribution in [0.4, 0.5) is 0 Å². The fourth-order valence-corrected chi connectivity index (χ4v) is 7.46. The summed E-state index contributed by atoms with van der Waals surface area (Å²) in [6.07, 6.45) is 1.99. The van der Waals surface area contributed by atoms with Gasteiger partial charge in [0.1, 0.15) is 6.61 Å². The zero-order valence-corrected chi connectivity index (χ0v) is 15.8. The lowest BCUT2D eigenvalue weighted by atomic mass is 10.3. The summed E-state index contributed by atoms with van der Waals surface area (Å²) in [4.78, 5) is 11.1. The molecule has 2 nitrogen and oxygen atoms in total. The third kappa shape index (κ3) is 3.84. The molecule has 0 atom stereocenters. The lowest BCUT2D eigenvalue weighted by Crippen LogP contribution is -2.66. The zero-order valence-electron chi connectivity index (χ0n) is 14.8. The van der Waals surface area contributed by atoms with Crippen LogP contribution in [0.15, 0.2) is 103 Å². The van der Waals surface area contributed by atoms with E-state index < -0.39 is 8.07 Å². The third-order valence-corrected chi connectivity index (χ3v) is 8.91. The van der Waals surface area contributed by atoms with Crippen molar-refractivity contribution >= 4 is 29.6 Å². The normalized spacial score (nSPS) is 11.4. The van der Waals surface area contributed by atoms with Crippen LogP contribution in [0.25, 0.3) is 0 Å². The number of benzene rings is 3. The zero-order chi connectivity index (χ0) is 18.2. The van der Waals surface area contributed by atoms with Gasteiger partial charge in [-0.25, -0.2) is 0 Å². The maximum Gasteiger partial charge on any atom is 0.302 e. The Kier molecular flexibility index (Phi) is 5.82. The smallest absolute Gasteiger partial charge is 0.302 e. The molecule has 3 aromatic carbocycles. The average molecular weight is 359 g/mol. The van der Waals surface area contributed by atoms with E-state index in [2.05, 4.69) is 78.5 Å². The predicted molar refractivity (Wildman–Crippen MR) is 110 cm³/mol. The Labute approximate surface area is 155 Å². The summed E-state index contributed by atoms with van der Waals surface area (Å²) in [6, 6.07) is 31.8. The van der Waals surface area contributed by atoms with E-state index in [-0.39, 0.29) is 12.6 Å². The second kappa shape index (κ2) is 8.45. The van der Waals surface area contributed by atoms with Crippen molar-refractivity contribution in [1.82, 2.24) is 0 Å². The van der Waals surface area contributed by atoms with Gasteiger partial charge in [-0.3, -0.25) is 4.79 Å². The van der Waals surface area contributed by atoms with Crippen molar-refractivity contribution in [2.24, 2.45) is 0 Å². The molecule has 0 saturated carbocycles. The van der Waals surface area contributed by atoms with Crippen molar-refractivity contribution < 1.29 is 9.53 Å². The van der Waals surface area contributed by atoms with Crippen LogP contribution in [0.3, 0.4) is 0 Å². The molecule has 0 heterocycles. The largest absolute Gasteiger partial charge is 0.462 e. The molecule has 0 aliphatic carbocycles. The van der Waals surface area contributed by atoms with Gasteiger partial charge in [0.15, 0.2) is 8.07 Å². The molecule has 0 saturated heterocycles. The topological polar surface area (TPSA) is 26.3 Å². The van der Waals surface area contributed by atoms with E-state index in [4.69, 9.17) is 4.74 Å². The van der Waals surface area contributed by atoms with Crippen LogP contribution in [0, 0.1) is 0 Å². The Bertz CT molecular complexity index is 762. The summed E-state index contributed by atoms with van der Waals surface area (Å²) in [7, 11) is -2.37. The van der Waals surface area contributed by atoms with Gasteiger partial charge >= 0.3 is 5.97 Å². The molecular weight excluding hydrogens is 336 g/mol. The summed E-state index contributed by atoms with van der Waals surface area (Å²) >= 11 is 0. The van der Waals surface area contributed by atoms with E-state index in [1.165, 1.54) is 22.5 Å². The molecule has 0 radical (unpaired) electrons. The number of ether oxygens (including phenoxy) is 1. The summed E-state index contributed by atoms with van der Waals surface area (Å²) in [5.41, 5.74) is 2.27. The van der Waals surface area contributed by atoms with Gasteiger partial charge in [0, 0.05) is 6.92 Å². The van der Waals surface area contributed by atoms with Crippen LogP contribution in [0.1, 0.15) is 6.92 Å².